The number of amides is 2. The van der Waals surface area contributed by atoms with Crippen molar-refractivity contribution in [2.45, 2.75) is 25.6 Å². The second kappa shape index (κ2) is 10.3. The zero-order valence-corrected chi connectivity index (χ0v) is 18.7. The van der Waals surface area contributed by atoms with Gasteiger partial charge in [0.25, 0.3) is 11.8 Å². The fraction of sp³-hybridized carbons (Fsp3) is 0.192. The van der Waals surface area contributed by atoms with Crippen LogP contribution in [0.25, 0.3) is 5.57 Å². The van der Waals surface area contributed by atoms with Crippen molar-refractivity contribution in [1.29, 1.82) is 0 Å². The molecular formula is C26H24N2O3S. The molecule has 0 saturated carbocycles. The average molecular weight is 445 g/mol. The maximum atomic E-state index is 13.4. The van der Waals surface area contributed by atoms with Crippen molar-refractivity contribution in [3.8, 4) is 5.75 Å². The van der Waals surface area contributed by atoms with Crippen LogP contribution in [0.5, 0.6) is 5.75 Å². The minimum atomic E-state index is -0.274. The fourth-order valence-corrected chi connectivity index (χ4v) is 4.51. The van der Waals surface area contributed by atoms with Crippen LogP contribution in [0, 0.1) is 0 Å². The van der Waals surface area contributed by atoms with E-state index in [9.17, 15) is 9.59 Å². The highest BCUT2D eigenvalue weighted by atomic mass is 32.2. The molecule has 2 aromatic carbocycles. The molecule has 0 N–H and O–H groups in total. The molecule has 1 aliphatic rings. The molecule has 0 bridgehead atoms. The van der Waals surface area contributed by atoms with Gasteiger partial charge in [0.2, 0.25) is 0 Å². The van der Waals surface area contributed by atoms with Gasteiger partial charge in [0.15, 0.2) is 0 Å². The van der Waals surface area contributed by atoms with Gasteiger partial charge in [0.1, 0.15) is 5.75 Å². The summed E-state index contributed by atoms with van der Waals surface area (Å²) in [6.07, 6.45) is 4.24. The molecule has 32 heavy (non-hydrogen) atoms. The average Bonchev–Trinajstić information content (AvgIpc) is 3.07. The van der Waals surface area contributed by atoms with Gasteiger partial charge in [-0.2, -0.15) is 0 Å². The number of imide groups is 1. The summed E-state index contributed by atoms with van der Waals surface area (Å²) in [7, 11) is 0. The number of carbonyl (C=O) groups is 2. The van der Waals surface area contributed by atoms with Crippen LogP contribution in [0.1, 0.15) is 30.0 Å². The number of hydrogen-bond donors (Lipinski definition) is 0. The van der Waals surface area contributed by atoms with Crippen molar-refractivity contribution in [1.82, 2.24) is 9.88 Å². The maximum Gasteiger partial charge on any atom is 0.268 e. The molecule has 1 aliphatic heterocycles. The lowest BCUT2D eigenvalue weighted by Crippen LogP contribution is -2.30. The SMILES string of the molecule is CCCOc1ccc(C2=C(SCc3ccccc3)C(=O)N(Cc3ccncc3)C2=O)cc1. The molecule has 2 heterocycles. The van der Waals surface area contributed by atoms with Gasteiger partial charge >= 0.3 is 0 Å². The Balaban J connectivity index is 1.64. The molecule has 162 valence electrons. The molecule has 3 aromatic rings. The molecule has 0 spiro atoms. The number of hydrogen-bond acceptors (Lipinski definition) is 5. The zero-order valence-electron chi connectivity index (χ0n) is 17.9. The Kier molecular flexibility index (Phi) is 7.02. The minimum Gasteiger partial charge on any atom is -0.494 e. The monoisotopic (exact) mass is 444 g/mol. The van der Waals surface area contributed by atoms with Crippen LogP contribution >= 0.6 is 11.8 Å². The summed E-state index contributed by atoms with van der Waals surface area (Å²) in [4.78, 5) is 32.5. The number of thioether (sulfide) groups is 1. The molecule has 0 atom stereocenters. The van der Waals surface area contributed by atoms with Gasteiger partial charge in [-0.15, -0.1) is 11.8 Å². The quantitative estimate of drug-likeness (QED) is 0.431. The van der Waals surface area contributed by atoms with Crippen LogP contribution in [-0.4, -0.2) is 28.3 Å². The number of aromatic nitrogens is 1. The molecule has 6 heteroatoms. The number of rotatable bonds is 9. The molecular weight excluding hydrogens is 420 g/mol. The molecule has 5 nitrogen and oxygen atoms in total. The zero-order chi connectivity index (χ0) is 22.3. The van der Waals surface area contributed by atoms with Crippen LogP contribution in [0.15, 0.2) is 84.0 Å². The molecule has 2 amide bonds. The Hall–Kier alpha value is -3.38. The highest BCUT2D eigenvalue weighted by Gasteiger charge is 2.39. The lowest BCUT2D eigenvalue weighted by atomic mass is 10.1. The van der Waals surface area contributed by atoms with Crippen molar-refractivity contribution < 1.29 is 14.3 Å². The standard InChI is InChI=1S/C26H24N2O3S/c1-2-16-31-22-10-8-21(9-11-22)23-24(32-18-20-6-4-3-5-7-20)26(30)28(25(23)29)17-19-12-14-27-15-13-19/h3-15H,2,16-18H2,1H3. The van der Waals surface area contributed by atoms with Crippen molar-refractivity contribution >= 4 is 29.1 Å². The van der Waals surface area contributed by atoms with Crippen molar-refractivity contribution in [3.05, 3.63) is 101 Å². The third kappa shape index (κ3) is 4.92. The maximum absolute atomic E-state index is 13.4. The minimum absolute atomic E-state index is 0.219. The van der Waals surface area contributed by atoms with E-state index in [1.807, 2.05) is 66.7 Å². The summed E-state index contributed by atoms with van der Waals surface area (Å²) in [5.74, 6) is 0.832. The van der Waals surface area contributed by atoms with E-state index >= 15 is 0 Å². The number of benzene rings is 2. The van der Waals surface area contributed by atoms with Crippen LogP contribution in [0.4, 0.5) is 0 Å². The van der Waals surface area contributed by atoms with E-state index in [1.165, 1.54) is 16.7 Å². The number of nitrogens with zero attached hydrogens (tertiary/aromatic N) is 2. The molecule has 4 rings (SSSR count). The van der Waals surface area contributed by atoms with Gasteiger partial charge in [-0.25, -0.2) is 0 Å². The first kappa shape index (κ1) is 21.8. The third-order valence-corrected chi connectivity index (χ3v) is 6.20. The highest BCUT2D eigenvalue weighted by molar-refractivity contribution is 8.03. The van der Waals surface area contributed by atoms with E-state index in [0.29, 0.717) is 22.8 Å². The predicted octanol–water partition coefficient (Wildman–Crippen LogP) is 5.08. The van der Waals surface area contributed by atoms with Crippen LogP contribution in [0.3, 0.4) is 0 Å². The largest absolute Gasteiger partial charge is 0.494 e. The van der Waals surface area contributed by atoms with Gasteiger partial charge in [-0.05, 0) is 47.4 Å². The Morgan fingerprint density at radius 1 is 0.875 bits per heavy atom. The molecule has 0 fully saturated rings. The lowest BCUT2D eigenvalue weighted by molar-refractivity contribution is -0.137. The first-order valence-corrected chi connectivity index (χ1v) is 11.5. The molecule has 0 aliphatic carbocycles. The summed E-state index contributed by atoms with van der Waals surface area (Å²) >= 11 is 1.41. The van der Waals surface area contributed by atoms with E-state index in [2.05, 4.69) is 11.9 Å². The molecule has 0 unspecified atom stereocenters. The predicted molar refractivity (Wildman–Crippen MR) is 127 cm³/mol. The van der Waals surface area contributed by atoms with Gasteiger partial charge in [-0.1, -0.05) is 49.4 Å². The summed E-state index contributed by atoms with van der Waals surface area (Å²) in [6.45, 7) is 2.91. The third-order valence-electron chi connectivity index (χ3n) is 5.06. The Bertz CT molecular complexity index is 1110. The van der Waals surface area contributed by atoms with Crippen molar-refractivity contribution in [2.24, 2.45) is 0 Å². The van der Waals surface area contributed by atoms with Crippen LogP contribution in [0.2, 0.25) is 0 Å². The van der Waals surface area contributed by atoms with Gasteiger partial charge < -0.3 is 4.74 Å². The van der Waals surface area contributed by atoms with E-state index < -0.39 is 0 Å². The van der Waals surface area contributed by atoms with E-state index in [-0.39, 0.29) is 18.4 Å². The van der Waals surface area contributed by atoms with Gasteiger partial charge in [0.05, 0.1) is 23.6 Å². The normalized spacial score (nSPS) is 13.7. The first-order valence-electron chi connectivity index (χ1n) is 10.6. The number of pyridine rings is 1. The second-order valence-corrected chi connectivity index (χ2v) is 8.39. The Morgan fingerprint density at radius 3 is 2.28 bits per heavy atom. The molecule has 0 radical (unpaired) electrons. The van der Waals surface area contributed by atoms with Gasteiger partial charge in [0, 0.05) is 18.1 Å². The van der Waals surface area contributed by atoms with E-state index in [0.717, 1.165) is 28.9 Å². The Labute approximate surface area is 192 Å². The molecule has 1 aromatic heterocycles. The summed E-state index contributed by atoms with van der Waals surface area (Å²) in [5, 5.41) is 0. The van der Waals surface area contributed by atoms with Gasteiger partial charge in [-0.3, -0.25) is 19.5 Å². The summed E-state index contributed by atoms with van der Waals surface area (Å²) in [6, 6.07) is 21.0. The van der Waals surface area contributed by atoms with E-state index in [1.54, 1.807) is 12.4 Å². The number of carbonyl (C=O) groups excluding carboxylic acids is 2. The number of ether oxygens (including phenoxy) is 1. The Morgan fingerprint density at radius 2 is 1.59 bits per heavy atom. The van der Waals surface area contributed by atoms with Crippen molar-refractivity contribution in [3.63, 3.8) is 0 Å². The van der Waals surface area contributed by atoms with Crippen molar-refractivity contribution in [2.75, 3.05) is 6.61 Å². The second-order valence-electron chi connectivity index (χ2n) is 7.40. The topological polar surface area (TPSA) is 59.5 Å². The van der Waals surface area contributed by atoms with Crippen LogP contribution < -0.4 is 4.74 Å². The first-order chi connectivity index (χ1) is 15.7. The van der Waals surface area contributed by atoms with E-state index in [4.69, 9.17) is 4.74 Å². The summed E-state index contributed by atoms with van der Waals surface area (Å²) in [5.41, 5.74) is 3.13. The lowest BCUT2D eigenvalue weighted by Gasteiger charge is -2.15. The smallest absolute Gasteiger partial charge is 0.268 e. The molecule has 0 saturated heterocycles. The van der Waals surface area contributed by atoms with Crippen LogP contribution in [-0.2, 0) is 21.9 Å². The highest BCUT2D eigenvalue weighted by Crippen LogP contribution is 2.38. The fourth-order valence-electron chi connectivity index (χ4n) is 3.42. The summed E-state index contributed by atoms with van der Waals surface area (Å²) < 4.78 is 5.66.